The summed E-state index contributed by atoms with van der Waals surface area (Å²) < 4.78 is 27.8. The molecule has 0 amide bonds. The maximum Gasteiger partial charge on any atom is 0.245 e. The first-order chi connectivity index (χ1) is 9.48. The van der Waals surface area contributed by atoms with Crippen molar-refractivity contribution in [3.8, 4) is 0 Å². The second-order valence-electron chi connectivity index (χ2n) is 4.89. The lowest BCUT2D eigenvalue weighted by atomic mass is 10.0. The van der Waals surface area contributed by atoms with Crippen molar-refractivity contribution in [1.29, 1.82) is 0 Å². The van der Waals surface area contributed by atoms with Crippen LogP contribution in [0.25, 0.3) is 0 Å². The minimum Gasteiger partial charge on any atom is -0.330 e. The van der Waals surface area contributed by atoms with Crippen LogP contribution in [0, 0.1) is 0 Å². The Kier molecular flexibility index (Phi) is 7.43. The highest BCUT2D eigenvalue weighted by atomic mass is 79.9. The predicted molar refractivity (Wildman–Crippen MR) is 91.6 cm³/mol. The zero-order valence-electron chi connectivity index (χ0n) is 11.5. The van der Waals surface area contributed by atoms with Crippen molar-refractivity contribution < 1.29 is 8.42 Å². The van der Waals surface area contributed by atoms with Crippen LogP contribution in [0.15, 0.2) is 27.6 Å². The van der Waals surface area contributed by atoms with E-state index in [1.807, 2.05) is 0 Å². The maximum absolute atomic E-state index is 12.9. The van der Waals surface area contributed by atoms with Gasteiger partial charge >= 0.3 is 0 Å². The number of halogens is 3. The Morgan fingerprint density at radius 1 is 1.38 bits per heavy atom. The zero-order chi connectivity index (χ0) is 14.8. The van der Waals surface area contributed by atoms with Crippen LogP contribution in [0.5, 0.6) is 0 Å². The van der Waals surface area contributed by atoms with Gasteiger partial charge in [0.2, 0.25) is 10.0 Å². The third-order valence-electron chi connectivity index (χ3n) is 3.56. The van der Waals surface area contributed by atoms with Gasteiger partial charge in [0.15, 0.2) is 0 Å². The summed E-state index contributed by atoms with van der Waals surface area (Å²) in [5.41, 5.74) is 5.61. The number of hydrogen-bond acceptors (Lipinski definition) is 3. The lowest BCUT2D eigenvalue weighted by Crippen LogP contribution is -2.44. The van der Waals surface area contributed by atoms with E-state index in [-0.39, 0.29) is 28.4 Å². The average Bonchev–Trinajstić information content (AvgIpc) is 2.39. The normalized spacial score (nSPS) is 20.0. The molecule has 1 aromatic rings. The molecule has 1 atom stereocenters. The van der Waals surface area contributed by atoms with E-state index in [1.54, 1.807) is 22.5 Å². The van der Waals surface area contributed by atoms with Crippen LogP contribution >= 0.6 is 39.9 Å². The third kappa shape index (κ3) is 4.12. The Morgan fingerprint density at radius 3 is 2.71 bits per heavy atom. The molecule has 0 spiro atoms. The molecule has 1 unspecified atom stereocenters. The summed E-state index contributed by atoms with van der Waals surface area (Å²) in [5.74, 6) is 0. The van der Waals surface area contributed by atoms with Gasteiger partial charge in [-0.3, -0.25) is 0 Å². The van der Waals surface area contributed by atoms with E-state index in [9.17, 15) is 8.42 Å². The predicted octanol–water partition coefficient (Wildman–Crippen LogP) is 3.42. The van der Waals surface area contributed by atoms with Gasteiger partial charge in [-0.05, 0) is 53.9 Å². The molecule has 0 saturated carbocycles. The Hall–Kier alpha value is 0.150. The summed E-state index contributed by atoms with van der Waals surface area (Å²) >= 11 is 9.39. The third-order valence-corrected chi connectivity index (χ3v) is 6.96. The second kappa shape index (κ2) is 8.13. The van der Waals surface area contributed by atoms with Gasteiger partial charge in [-0.1, -0.05) is 24.1 Å². The second-order valence-corrected chi connectivity index (χ2v) is 7.98. The molecule has 0 aliphatic carbocycles. The van der Waals surface area contributed by atoms with Crippen LogP contribution in [0.3, 0.4) is 0 Å². The topological polar surface area (TPSA) is 63.4 Å². The van der Waals surface area contributed by atoms with Gasteiger partial charge in [-0.2, -0.15) is 4.31 Å². The number of sulfonamides is 1. The Bertz CT molecular complexity index is 561. The number of hydrogen-bond donors (Lipinski definition) is 1. The molecule has 0 aromatic heterocycles. The van der Waals surface area contributed by atoms with Gasteiger partial charge in [-0.25, -0.2) is 8.42 Å². The van der Waals surface area contributed by atoms with Gasteiger partial charge in [-0.15, -0.1) is 12.4 Å². The van der Waals surface area contributed by atoms with E-state index in [4.69, 9.17) is 17.3 Å². The molecular weight excluding hydrogens is 399 g/mol. The summed E-state index contributed by atoms with van der Waals surface area (Å²) in [4.78, 5) is 0.158. The summed E-state index contributed by atoms with van der Waals surface area (Å²) in [6, 6.07) is 4.99. The molecule has 1 aromatic carbocycles. The fourth-order valence-electron chi connectivity index (χ4n) is 2.62. The Morgan fingerprint density at radius 2 is 2.10 bits per heavy atom. The standard InChI is InChI=1S/C13H18BrClN2O2S.ClH/c14-11-5-3-6-12(15)13(11)20(18,19)17-9-2-1-4-10(17)7-8-16;/h3,5-6,10H,1-2,4,7-9,16H2;1H. The van der Waals surface area contributed by atoms with E-state index < -0.39 is 10.0 Å². The summed E-state index contributed by atoms with van der Waals surface area (Å²) in [7, 11) is -3.60. The van der Waals surface area contributed by atoms with Crippen molar-refractivity contribution in [2.24, 2.45) is 5.73 Å². The van der Waals surface area contributed by atoms with Crippen LogP contribution < -0.4 is 5.73 Å². The molecule has 1 heterocycles. The molecule has 4 nitrogen and oxygen atoms in total. The first-order valence-electron chi connectivity index (χ1n) is 6.64. The van der Waals surface area contributed by atoms with Crippen LogP contribution in [0.4, 0.5) is 0 Å². The van der Waals surface area contributed by atoms with E-state index in [0.717, 1.165) is 19.3 Å². The first-order valence-corrected chi connectivity index (χ1v) is 9.25. The average molecular weight is 418 g/mol. The highest BCUT2D eigenvalue weighted by Gasteiger charge is 2.35. The summed E-state index contributed by atoms with van der Waals surface area (Å²) in [5, 5.41) is 0.247. The maximum atomic E-state index is 12.9. The number of piperidine rings is 1. The molecule has 2 rings (SSSR count). The van der Waals surface area contributed by atoms with Crippen molar-refractivity contribution in [2.45, 2.75) is 36.6 Å². The summed E-state index contributed by atoms with van der Waals surface area (Å²) in [6.07, 6.45) is 3.46. The first kappa shape index (κ1) is 19.2. The molecule has 0 bridgehead atoms. The largest absolute Gasteiger partial charge is 0.330 e. The van der Waals surface area contributed by atoms with E-state index in [1.165, 1.54) is 0 Å². The van der Waals surface area contributed by atoms with Gasteiger partial charge in [0.05, 0.1) is 5.02 Å². The SMILES string of the molecule is Cl.NCCC1CCCCN1S(=O)(=O)c1c(Cl)cccc1Br. The Balaban J connectivity index is 0.00000220. The minimum absolute atomic E-state index is 0. The number of rotatable bonds is 4. The van der Waals surface area contributed by atoms with Crippen LogP contribution in [-0.4, -0.2) is 31.9 Å². The quantitative estimate of drug-likeness (QED) is 0.816. The van der Waals surface area contributed by atoms with E-state index in [0.29, 0.717) is 24.0 Å². The molecule has 1 saturated heterocycles. The smallest absolute Gasteiger partial charge is 0.245 e. The monoisotopic (exact) mass is 416 g/mol. The Labute approximate surface area is 145 Å². The van der Waals surface area contributed by atoms with Crippen molar-refractivity contribution >= 4 is 50.0 Å². The zero-order valence-corrected chi connectivity index (χ0v) is 15.4. The van der Waals surface area contributed by atoms with Gasteiger partial charge < -0.3 is 5.73 Å². The van der Waals surface area contributed by atoms with Gasteiger partial charge in [0, 0.05) is 17.1 Å². The minimum atomic E-state index is -3.60. The molecule has 1 aliphatic rings. The molecule has 120 valence electrons. The van der Waals surface area contributed by atoms with Crippen molar-refractivity contribution in [2.75, 3.05) is 13.1 Å². The van der Waals surface area contributed by atoms with Crippen molar-refractivity contribution in [3.05, 3.63) is 27.7 Å². The number of nitrogens with zero attached hydrogens (tertiary/aromatic N) is 1. The van der Waals surface area contributed by atoms with Crippen LogP contribution in [0.2, 0.25) is 5.02 Å². The number of nitrogens with two attached hydrogens (primary N) is 1. The lowest BCUT2D eigenvalue weighted by Gasteiger charge is -2.35. The van der Waals surface area contributed by atoms with E-state index in [2.05, 4.69) is 15.9 Å². The molecular formula is C13H19BrCl2N2O2S. The lowest BCUT2D eigenvalue weighted by molar-refractivity contribution is 0.243. The summed E-state index contributed by atoms with van der Waals surface area (Å²) in [6.45, 7) is 1.02. The molecule has 0 radical (unpaired) electrons. The highest BCUT2D eigenvalue weighted by Crippen LogP contribution is 2.35. The fraction of sp³-hybridized carbons (Fsp3) is 0.538. The molecule has 21 heavy (non-hydrogen) atoms. The molecule has 1 fully saturated rings. The molecule has 8 heteroatoms. The highest BCUT2D eigenvalue weighted by molar-refractivity contribution is 9.10. The van der Waals surface area contributed by atoms with Crippen molar-refractivity contribution in [3.63, 3.8) is 0 Å². The number of benzene rings is 1. The van der Waals surface area contributed by atoms with Gasteiger partial charge in [0.25, 0.3) is 0 Å². The van der Waals surface area contributed by atoms with E-state index >= 15 is 0 Å². The molecule has 2 N–H and O–H groups in total. The van der Waals surface area contributed by atoms with Gasteiger partial charge in [0.1, 0.15) is 4.90 Å². The molecule has 1 aliphatic heterocycles. The van der Waals surface area contributed by atoms with Crippen LogP contribution in [-0.2, 0) is 10.0 Å². The fourth-order valence-corrected chi connectivity index (χ4v) is 6.01. The van der Waals surface area contributed by atoms with Crippen LogP contribution in [0.1, 0.15) is 25.7 Å². The van der Waals surface area contributed by atoms with Crippen molar-refractivity contribution in [1.82, 2.24) is 4.31 Å².